The van der Waals surface area contributed by atoms with E-state index in [9.17, 15) is 4.79 Å². The molecule has 1 N–H and O–H groups in total. The summed E-state index contributed by atoms with van der Waals surface area (Å²) in [6.45, 7) is 0. The lowest BCUT2D eigenvalue weighted by Gasteiger charge is -2.09. The fraction of sp³-hybridized carbons (Fsp3) is 0.0500. The maximum atomic E-state index is 12.6. The van der Waals surface area contributed by atoms with Crippen molar-refractivity contribution in [2.24, 2.45) is 0 Å². The molecule has 4 aromatic rings. The number of methoxy groups -OCH3 is 1. The Morgan fingerprint density at radius 1 is 0.964 bits per heavy atom. The SMILES string of the molecule is COc1ccc(Cl)cc1C(=O)Nc1ccc2nn(-c3cccc(Cl)c3)nc2c1. The van der Waals surface area contributed by atoms with E-state index >= 15 is 0 Å². The summed E-state index contributed by atoms with van der Waals surface area (Å²) < 4.78 is 5.24. The largest absolute Gasteiger partial charge is 0.496 e. The van der Waals surface area contributed by atoms with E-state index < -0.39 is 0 Å². The van der Waals surface area contributed by atoms with E-state index in [0.717, 1.165) is 5.69 Å². The van der Waals surface area contributed by atoms with E-state index in [1.807, 2.05) is 12.1 Å². The van der Waals surface area contributed by atoms with E-state index in [0.29, 0.717) is 38.1 Å². The van der Waals surface area contributed by atoms with Crippen molar-refractivity contribution in [2.45, 2.75) is 0 Å². The van der Waals surface area contributed by atoms with Crippen LogP contribution in [0.4, 0.5) is 5.69 Å². The number of hydrogen-bond acceptors (Lipinski definition) is 4. The number of benzene rings is 3. The highest BCUT2D eigenvalue weighted by atomic mass is 35.5. The van der Waals surface area contributed by atoms with Gasteiger partial charge in [-0.1, -0.05) is 29.3 Å². The number of hydrogen-bond donors (Lipinski definition) is 1. The van der Waals surface area contributed by atoms with Crippen LogP contribution in [0.1, 0.15) is 10.4 Å². The molecule has 0 radical (unpaired) electrons. The lowest BCUT2D eigenvalue weighted by atomic mass is 10.1. The van der Waals surface area contributed by atoms with Crippen molar-refractivity contribution in [3.05, 3.63) is 76.3 Å². The minimum atomic E-state index is -0.332. The van der Waals surface area contributed by atoms with E-state index in [2.05, 4.69) is 15.5 Å². The minimum Gasteiger partial charge on any atom is -0.496 e. The zero-order valence-electron chi connectivity index (χ0n) is 14.7. The summed E-state index contributed by atoms with van der Waals surface area (Å²) in [6, 6.07) is 17.4. The number of rotatable bonds is 4. The number of carbonyl (C=O) groups is 1. The lowest BCUT2D eigenvalue weighted by molar-refractivity contribution is 0.102. The third kappa shape index (κ3) is 3.65. The Kier molecular flexibility index (Phi) is 4.90. The van der Waals surface area contributed by atoms with Crippen LogP contribution in [0.2, 0.25) is 10.0 Å². The van der Waals surface area contributed by atoms with Gasteiger partial charge >= 0.3 is 0 Å². The third-order valence-corrected chi connectivity index (χ3v) is 4.55. The molecule has 0 bridgehead atoms. The van der Waals surface area contributed by atoms with Gasteiger partial charge in [-0.3, -0.25) is 4.79 Å². The summed E-state index contributed by atoms with van der Waals surface area (Å²) in [5.74, 6) is 0.107. The molecule has 28 heavy (non-hydrogen) atoms. The van der Waals surface area contributed by atoms with Gasteiger partial charge in [0, 0.05) is 15.7 Å². The number of ether oxygens (including phenoxy) is 1. The standard InChI is InChI=1S/C20H14Cl2N4O2/c1-28-19-8-5-13(22)10-16(19)20(27)23-14-6-7-17-18(11-14)25-26(24-17)15-4-2-3-12(21)9-15/h2-11H,1H3,(H,23,27). The van der Waals surface area contributed by atoms with Crippen LogP contribution in [0.25, 0.3) is 16.7 Å². The van der Waals surface area contributed by atoms with Crippen LogP contribution in [0.5, 0.6) is 5.75 Å². The van der Waals surface area contributed by atoms with Crippen LogP contribution in [0.3, 0.4) is 0 Å². The maximum Gasteiger partial charge on any atom is 0.259 e. The Labute approximate surface area is 170 Å². The predicted molar refractivity (Wildman–Crippen MR) is 110 cm³/mol. The highest BCUT2D eigenvalue weighted by Gasteiger charge is 2.14. The summed E-state index contributed by atoms with van der Waals surface area (Å²) in [5, 5.41) is 12.8. The molecule has 4 rings (SSSR count). The van der Waals surface area contributed by atoms with Gasteiger partial charge in [0.2, 0.25) is 0 Å². The van der Waals surface area contributed by atoms with Crippen LogP contribution in [0.15, 0.2) is 60.7 Å². The molecule has 1 aromatic heterocycles. The smallest absolute Gasteiger partial charge is 0.259 e. The van der Waals surface area contributed by atoms with Crippen molar-refractivity contribution in [3.8, 4) is 11.4 Å². The molecule has 0 saturated carbocycles. The van der Waals surface area contributed by atoms with Gasteiger partial charge in [0.05, 0.1) is 18.4 Å². The molecule has 3 aromatic carbocycles. The van der Waals surface area contributed by atoms with Crippen LogP contribution in [-0.2, 0) is 0 Å². The molecule has 8 heteroatoms. The number of halogens is 2. The summed E-state index contributed by atoms with van der Waals surface area (Å²) in [7, 11) is 1.50. The number of amides is 1. The van der Waals surface area contributed by atoms with Gasteiger partial charge < -0.3 is 10.1 Å². The highest BCUT2D eigenvalue weighted by molar-refractivity contribution is 6.31. The van der Waals surface area contributed by atoms with Crippen molar-refractivity contribution in [2.75, 3.05) is 12.4 Å². The molecule has 6 nitrogen and oxygen atoms in total. The fourth-order valence-electron chi connectivity index (χ4n) is 2.76. The maximum absolute atomic E-state index is 12.6. The number of nitrogens with zero attached hydrogens (tertiary/aromatic N) is 3. The number of nitrogens with one attached hydrogen (secondary N) is 1. The Balaban J connectivity index is 1.63. The molecule has 0 aliphatic rings. The van der Waals surface area contributed by atoms with Crippen molar-refractivity contribution >= 4 is 45.8 Å². The monoisotopic (exact) mass is 412 g/mol. The van der Waals surface area contributed by atoms with Gasteiger partial charge in [-0.25, -0.2) is 0 Å². The van der Waals surface area contributed by atoms with Crippen LogP contribution < -0.4 is 10.1 Å². The van der Waals surface area contributed by atoms with Crippen LogP contribution in [-0.4, -0.2) is 28.0 Å². The first-order chi connectivity index (χ1) is 13.5. The molecule has 1 heterocycles. The first-order valence-corrected chi connectivity index (χ1v) is 9.07. The van der Waals surface area contributed by atoms with Gasteiger partial charge in [-0.05, 0) is 54.6 Å². The molecular formula is C20H14Cl2N4O2. The average Bonchev–Trinajstić information content (AvgIpc) is 3.11. The molecule has 0 unspecified atom stereocenters. The second-order valence-electron chi connectivity index (χ2n) is 5.97. The predicted octanol–water partition coefficient (Wildman–Crippen LogP) is 4.99. The van der Waals surface area contributed by atoms with Gasteiger partial charge in [-0.15, -0.1) is 10.2 Å². The van der Waals surface area contributed by atoms with Crippen molar-refractivity contribution in [1.29, 1.82) is 0 Å². The van der Waals surface area contributed by atoms with Crippen molar-refractivity contribution < 1.29 is 9.53 Å². The number of carbonyl (C=O) groups excluding carboxylic acids is 1. The Bertz CT molecular complexity index is 1190. The number of aromatic nitrogens is 3. The third-order valence-electron chi connectivity index (χ3n) is 4.08. The summed E-state index contributed by atoms with van der Waals surface area (Å²) in [5.41, 5.74) is 3.00. The van der Waals surface area contributed by atoms with E-state index in [1.54, 1.807) is 48.5 Å². The van der Waals surface area contributed by atoms with Gasteiger partial charge in [0.15, 0.2) is 0 Å². The quantitative estimate of drug-likeness (QED) is 0.512. The summed E-state index contributed by atoms with van der Waals surface area (Å²) >= 11 is 12.0. The normalized spacial score (nSPS) is 10.8. The molecule has 0 aliphatic heterocycles. The van der Waals surface area contributed by atoms with E-state index in [4.69, 9.17) is 27.9 Å². The summed E-state index contributed by atoms with van der Waals surface area (Å²) in [6.07, 6.45) is 0. The van der Waals surface area contributed by atoms with E-state index in [-0.39, 0.29) is 5.91 Å². The highest BCUT2D eigenvalue weighted by Crippen LogP contribution is 2.25. The molecule has 0 fully saturated rings. The summed E-state index contributed by atoms with van der Waals surface area (Å²) in [4.78, 5) is 14.1. The molecule has 0 aliphatic carbocycles. The zero-order chi connectivity index (χ0) is 19.7. The Morgan fingerprint density at radius 2 is 1.75 bits per heavy atom. The van der Waals surface area contributed by atoms with E-state index in [1.165, 1.54) is 11.9 Å². The molecular weight excluding hydrogens is 399 g/mol. The number of anilines is 1. The second kappa shape index (κ2) is 7.50. The molecule has 1 amide bonds. The average molecular weight is 413 g/mol. The lowest BCUT2D eigenvalue weighted by Crippen LogP contribution is -2.13. The zero-order valence-corrected chi connectivity index (χ0v) is 16.2. The fourth-order valence-corrected chi connectivity index (χ4v) is 3.12. The van der Waals surface area contributed by atoms with Gasteiger partial charge in [0.1, 0.15) is 16.8 Å². The molecule has 140 valence electrons. The van der Waals surface area contributed by atoms with Crippen LogP contribution >= 0.6 is 23.2 Å². The number of fused-ring (bicyclic) bond motifs is 1. The Hall–Kier alpha value is -3.09. The Morgan fingerprint density at radius 3 is 2.54 bits per heavy atom. The van der Waals surface area contributed by atoms with Crippen molar-refractivity contribution in [1.82, 2.24) is 15.0 Å². The molecule has 0 saturated heterocycles. The second-order valence-corrected chi connectivity index (χ2v) is 6.84. The van der Waals surface area contributed by atoms with Crippen LogP contribution in [0, 0.1) is 0 Å². The van der Waals surface area contributed by atoms with Crippen molar-refractivity contribution in [3.63, 3.8) is 0 Å². The molecule has 0 atom stereocenters. The topological polar surface area (TPSA) is 69.0 Å². The first-order valence-electron chi connectivity index (χ1n) is 8.31. The van der Waals surface area contributed by atoms with Gasteiger partial charge in [0.25, 0.3) is 5.91 Å². The molecule has 0 spiro atoms. The first kappa shape index (κ1) is 18.3. The minimum absolute atomic E-state index is 0.332. The van der Waals surface area contributed by atoms with Gasteiger partial charge in [-0.2, -0.15) is 4.80 Å².